The van der Waals surface area contributed by atoms with Crippen molar-refractivity contribution in [2.24, 2.45) is 11.7 Å². The molecule has 0 aliphatic heterocycles. The summed E-state index contributed by atoms with van der Waals surface area (Å²) in [5.41, 5.74) is 4.88. The van der Waals surface area contributed by atoms with Crippen molar-refractivity contribution in [2.75, 3.05) is 12.9 Å². The van der Waals surface area contributed by atoms with E-state index in [0.717, 1.165) is 0 Å². The summed E-state index contributed by atoms with van der Waals surface area (Å²) < 4.78 is 4.49. The normalized spacial score (nSPS) is 12.0. The average molecular weight is 262 g/mol. The minimum absolute atomic E-state index is 0.0389. The highest BCUT2D eigenvalue weighted by Gasteiger charge is 2.23. The lowest BCUT2D eigenvalue weighted by Gasteiger charge is -2.18. The summed E-state index contributed by atoms with van der Waals surface area (Å²) >= 11 is 1.30. The Bertz CT molecular complexity index is 294. The standard InChI is InChI=1S/C10H18N2O4S/c1-6(2)8(9(14)12-10(11)15)17-5-4-7(13)16-3/h6,8H,4-5H2,1-3H3,(H3,11,12,14,15)/t8-/m1/s1. The van der Waals surface area contributed by atoms with Crippen molar-refractivity contribution >= 4 is 29.7 Å². The van der Waals surface area contributed by atoms with Crippen LogP contribution in [0.25, 0.3) is 0 Å². The molecule has 0 spiro atoms. The van der Waals surface area contributed by atoms with Crippen molar-refractivity contribution in [1.82, 2.24) is 5.32 Å². The highest BCUT2D eigenvalue weighted by Crippen LogP contribution is 2.20. The van der Waals surface area contributed by atoms with Gasteiger partial charge in [0.05, 0.1) is 18.8 Å². The fourth-order valence-electron chi connectivity index (χ4n) is 1.13. The van der Waals surface area contributed by atoms with Crippen molar-refractivity contribution in [3.05, 3.63) is 0 Å². The summed E-state index contributed by atoms with van der Waals surface area (Å²) in [5.74, 6) is -0.253. The molecule has 0 aromatic carbocycles. The van der Waals surface area contributed by atoms with E-state index in [1.54, 1.807) is 0 Å². The molecule has 0 aliphatic carbocycles. The lowest BCUT2D eigenvalue weighted by molar-refractivity contribution is -0.140. The van der Waals surface area contributed by atoms with Crippen molar-refractivity contribution < 1.29 is 19.1 Å². The second-order valence-corrected chi connectivity index (χ2v) is 4.96. The highest BCUT2D eigenvalue weighted by atomic mass is 32.2. The van der Waals surface area contributed by atoms with Gasteiger partial charge < -0.3 is 10.5 Å². The summed E-state index contributed by atoms with van der Waals surface area (Å²) in [4.78, 5) is 33.1. The molecule has 6 nitrogen and oxygen atoms in total. The molecule has 0 aromatic rings. The number of carbonyl (C=O) groups excluding carboxylic acids is 3. The second-order valence-electron chi connectivity index (χ2n) is 3.72. The van der Waals surface area contributed by atoms with Crippen LogP contribution in [0.3, 0.4) is 0 Å². The largest absolute Gasteiger partial charge is 0.469 e. The molecule has 0 unspecified atom stereocenters. The maximum absolute atomic E-state index is 11.6. The molecule has 17 heavy (non-hydrogen) atoms. The van der Waals surface area contributed by atoms with Crippen LogP contribution in [0.2, 0.25) is 0 Å². The molecule has 0 aromatic heterocycles. The molecular formula is C10H18N2O4S. The predicted molar refractivity (Wildman–Crippen MR) is 65.4 cm³/mol. The van der Waals surface area contributed by atoms with Gasteiger partial charge in [-0.3, -0.25) is 14.9 Å². The van der Waals surface area contributed by atoms with Crippen LogP contribution in [0.1, 0.15) is 20.3 Å². The number of hydrogen-bond donors (Lipinski definition) is 2. The number of nitrogens with two attached hydrogens (primary N) is 1. The maximum Gasteiger partial charge on any atom is 0.318 e. The summed E-state index contributed by atoms with van der Waals surface area (Å²) in [7, 11) is 1.31. The van der Waals surface area contributed by atoms with Crippen LogP contribution in [0, 0.1) is 5.92 Å². The molecule has 0 rings (SSSR count). The number of rotatable bonds is 6. The van der Waals surface area contributed by atoms with E-state index in [4.69, 9.17) is 5.73 Å². The van der Waals surface area contributed by atoms with E-state index in [1.165, 1.54) is 18.9 Å². The first kappa shape index (κ1) is 15.8. The van der Waals surface area contributed by atoms with Gasteiger partial charge in [-0.2, -0.15) is 0 Å². The van der Waals surface area contributed by atoms with Crippen LogP contribution in [-0.4, -0.2) is 36.0 Å². The smallest absolute Gasteiger partial charge is 0.318 e. The van der Waals surface area contributed by atoms with Crippen LogP contribution in [0.5, 0.6) is 0 Å². The molecule has 1 atom stereocenters. The lowest BCUT2D eigenvalue weighted by atomic mass is 10.1. The van der Waals surface area contributed by atoms with Gasteiger partial charge >= 0.3 is 12.0 Å². The van der Waals surface area contributed by atoms with Gasteiger partial charge in [0.2, 0.25) is 5.91 Å². The number of methoxy groups -OCH3 is 1. The number of primary amides is 1. The fourth-order valence-corrected chi connectivity index (χ4v) is 2.27. The van der Waals surface area contributed by atoms with E-state index in [-0.39, 0.29) is 18.3 Å². The minimum Gasteiger partial charge on any atom is -0.469 e. The number of carbonyl (C=O) groups is 3. The molecule has 0 saturated carbocycles. The zero-order chi connectivity index (χ0) is 13.4. The van der Waals surface area contributed by atoms with Gasteiger partial charge in [0.15, 0.2) is 0 Å². The number of nitrogens with one attached hydrogen (secondary N) is 1. The minimum atomic E-state index is -0.866. The van der Waals surface area contributed by atoms with E-state index in [0.29, 0.717) is 5.75 Å². The first-order chi connectivity index (χ1) is 7.88. The van der Waals surface area contributed by atoms with Crippen LogP contribution < -0.4 is 11.1 Å². The van der Waals surface area contributed by atoms with Crippen LogP contribution in [0.15, 0.2) is 0 Å². The number of amides is 3. The van der Waals surface area contributed by atoms with Gasteiger partial charge in [-0.1, -0.05) is 13.8 Å². The number of ether oxygens (including phenoxy) is 1. The van der Waals surface area contributed by atoms with E-state index < -0.39 is 17.2 Å². The Balaban J connectivity index is 4.20. The van der Waals surface area contributed by atoms with Gasteiger partial charge in [-0.05, 0) is 5.92 Å². The van der Waals surface area contributed by atoms with Gasteiger partial charge in [0.25, 0.3) is 0 Å². The zero-order valence-electron chi connectivity index (χ0n) is 10.2. The molecule has 0 saturated heterocycles. The average Bonchev–Trinajstić information content (AvgIpc) is 2.22. The Morgan fingerprint density at radius 3 is 2.35 bits per heavy atom. The van der Waals surface area contributed by atoms with Crippen molar-refractivity contribution in [3.63, 3.8) is 0 Å². The van der Waals surface area contributed by atoms with E-state index in [9.17, 15) is 14.4 Å². The molecular weight excluding hydrogens is 244 g/mol. The third-order valence-corrected chi connectivity index (χ3v) is 3.50. The number of imide groups is 1. The molecule has 3 N–H and O–H groups in total. The number of thioether (sulfide) groups is 1. The SMILES string of the molecule is COC(=O)CCS[C@@H](C(=O)NC(N)=O)C(C)C. The van der Waals surface area contributed by atoms with E-state index in [1.807, 2.05) is 19.2 Å². The number of esters is 1. The van der Waals surface area contributed by atoms with Gasteiger partial charge in [0, 0.05) is 5.75 Å². The Hall–Kier alpha value is -1.24. The van der Waals surface area contributed by atoms with Gasteiger partial charge in [0.1, 0.15) is 0 Å². The number of hydrogen-bond acceptors (Lipinski definition) is 5. The molecule has 7 heteroatoms. The molecule has 0 bridgehead atoms. The third-order valence-electron chi connectivity index (χ3n) is 1.94. The van der Waals surface area contributed by atoms with Crippen molar-refractivity contribution in [2.45, 2.75) is 25.5 Å². The first-order valence-corrected chi connectivity index (χ1v) is 6.22. The van der Waals surface area contributed by atoms with Gasteiger partial charge in [-0.15, -0.1) is 11.8 Å². The zero-order valence-corrected chi connectivity index (χ0v) is 11.0. The topological polar surface area (TPSA) is 98.5 Å². The fraction of sp³-hybridized carbons (Fsp3) is 0.700. The molecule has 0 aliphatic rings. The molecule has 98 valence electrons. The lowest BCUT2D eigenvalue weighted by Crippen LogP contribution is -2.42. The van der Waals surface area contributed by atoms with Gasteiger partial charge in [-0.25, -0.2) is 4.79 Å². The second kappa shape index (κ2) is 7.94. The molecule has 0 fully saturated rings. The summed E-state index contributed by atoms with van der Waals surface area (Å²) in [6.07, 6.45) is 0.230. The van der Waals surface area contributed by atoms with Crippen molar-refractivity contribution in [1.29, 1.82) is 0 Å². The van der Waals surface area contributed by atoms with Crippen LogP contribution in [-0.2, 0) is 14.3 Å². The summed E-state index contributed by atoms with van der Waals surface area (Å²) in [6, 6.07) is -0.866. The van der Waals surface area contributed by atoms with E-state index in [2.05, 4.69) is 4.74 Å². The Kier molecular flexibility index (Phi) is 7.36. The third kappa shape index (κ3) is 6.83. The molecule has 0 radical (unpaired) electrons. The van der Waals surface area contributed by atoms with E-state index >= 15 is 0 Å². The quantitative estimate of drug-likeness (QED) is 0.679. The summed E-state index contributed by atoms with van der Waals surface area (Å²) in [6.45, 7) is 3.72. The van der Waals surface area contributed by atoms with Crippen LogP contribution in [0.4, 0.5) is 4.79 Å². The first-order valence-electron chi connectivity index (χ1n) is 5.17. The summed E-state index contributed by atoms with van der Waals surface area (Å²) in [5, 5.41) is 1.63. The Morgan fingerprint density at radius 1 is 1.35 bits per heavy atom. The predicted octanol–water partition coefficient (Wildman–Crippen LogP) is 0.502. The molecule has 0 heterocycles. The highest BCUT2D eigenvalue weighted by molar-refractivity contribution is 8.00. The monoisotopic (exact) mass is 262 g/mol. The van der Waals surface area contributed by atoms with Crippen LogP contribution >= 0.6 is 11.8 Å². The molecule has 3 amide bonds. The Morgan fingerprint density at radius 2 is 1.94 bits per heavy atom. The number of urea groups is 1. The Labute approximate surface area is 105 Å². The van der Waals surface area contributed by atoms with Crippen molar-refractivity contribution in [3.8, 4) is 0 Å². The maximum atomic E-state index is 11.6.